The Morgan fingerprint density at radius 1 is 1.38 bits per heavy atom. The van der Waals surface area contributed by atoms with E-state index in [2.05, 4.69) is 19.2 Å². The Kier molecular flexibility index (Phi) is 6.21. The number of nitrogens with one attached hydrogen (secondary N) is 1. The molecule has 1 aliphatic rings. The Labute approximate surface area is 103 Å². The Balaban J connectivity index is 2.29. The molecule has 1 heterocycles. The molecule has 2 unspecified atom stereocenters. The van der Waals surface area contributed by atoms with Gasteiger partial charge in [0.05, 0.1) is 5.25 Å². The highest BCUT2D eigenvalue weighted by molar-refractivity contribution is 8.00. The van der Waals surface area contributed by atoms with Crippen molar-refractivity contribution < 1.29 is 4.79 Å². The third kappa shape index (κ3) is 4.34. The minimum atomic E-state index is 0.118. The first kappa shape index (κ1) is 13.8. The molecule has 0 radical (unpaired) electrons. The monoisotopic (exact) mass is 244 g/mol. The van der Waals surface area contributed by atoms with Crippen LogP contribution in [-0.4, -0.2) is 48.0 Å². The van der Waals surface area contributed by atoms with Gasteiger partial charge in [0.15, 0.2) is 0 Å². The van der Waals surface area contributed by atoms with Crippen molar-refractivity contribution in [2.45, 2.75) is 32.4 Å². The standard InChI is InChI=1S/C12H24N2OS/c1-4-10(2)9-16-11(3)12(15)14-7-5-13-6-8-14/h10-11,13H,4-9H2,1-3H3. The van der Waals surface area contributed by atoms with Gasteiger partial charge in [-0.05, 0) is 18.6 Å². The molecule has 2 atom stereocenters. The van der Waals surface area contributed by atoms with Crippen LogP contribution in [0.25, 0.3) is 0 Å². The predicted molar refractivity (Wildman–Crippen MR) is 70.8 cm³/mol. The summed E-state index contributed by atoms with van der Waals surface area (Å²) in [6.07, 6.45) is 1.20. The zero-order chi connectivity index (χ0) is 12.0. The lowest BCUT2D eigenvalue weighted by molar-refractivity contribution is -0.130. The molecule has 3 nitrogen and oxygen atoms in total. The summed E-state index contributed by atoms with van der Waals surface area (Å²) in [5.41, 5.74) is 0. The van der Waals surface area contributed by atoms with E-state index in [-0.39, 0.29) is 5.25 Å². The topological polar surface area (TPSA) is 32.3 Å². The number of hydrogen-bond donors (Lipinski definition) is 1. The quantitative estimate of drug-likeness (QED) is 0.797. The number of carbonyl (C=O) groups is 1. The second-order valence-electron chi connectivity index (χ2n) is 4.56. The summed E-state index contributed by atoms with van der Waals surface area (Å²) >= 11 is 1.80. The van der Waals surface area contributed by atoms with E-state index in [1.807, 2.05) is 11.8 Å². The van der Waals surface area contributed by atoms with Crippen molar-refractivity contribution in [2.24, 2.45) is 5.92 Å². The summed E-state index contributed by atoms with van der Waals surface area (Å²) < 4.78 is 0. The van der Waals surface area contributed by atoms with Gasteiger partial charge in [-0.3, -0.25) is 4.79 Å². The van der Waals surface area contributed by atoms with Crippen molar-refractivity contribution in [1.29, 1.82) is 0 Å². The smallest absolute Gasteiger partial charge is 0.235 e. The van der Waals surface area contributed by atoms with Crippen molar-refractivity contribution in [3.63, 3.8) is 0 Å². The number of hydrogen-bond acceptors (Lipinski definition) is 3. The van der Waals surface area contributed by atoms with Crippen molar-refractivity contribution in [3.8, 4) is 0 Å². The van der Waals surface area contributed by atoms with Gasteiger partial charge in [0.2, 0.25) is 5.91 Å². The first-order valence-corrected chi connectivity index (χ1v) is 7.31. The van der Waals surface area contributed by atoms with Gasteiger partial charge in [0.25, 0.3) is 0 Å². The van der Waals surface area contributed by atoms with Crippen LogP contribution in [0.1, 0.15) is 27.2 Å². The number of nitrogens with zero attached hydrogens (tertiary/aromatic N) is 1. The molecule has 0 aromatic heterocycles. The van der Waals surface area contributed by atoms with Crippen molar-refractivity contribution >= 4 is 17.7 Å². The van der Waals surface area contributed by atoms with Crippen LogP contribution in [-0.2, 0) is 4.79 Å². The van der Waals surface area contributed by atoms with Gasteiger partial charge in [-0.2, -0.15) is 0 Å². The minimum Gasteiger partial charge on any atom is -0.339 e. The van der Waals surface area contributed by atoms with Crippen LogP contribution in [0.5, 0.6) is 0 Å². The third-order valence-corrected chi connectivity index (χ3v) is 4.57. The van der Waals surface area contributed by atoms with Crippen LogP contribution in [0, 0.1) is 5.92 Å². The zero-order valence-corrected chi connectivity index (χ0v) is 11.5. The van der Waals surface area contributed by atoms with Gasteiger partial charge in [-0.15, -0.1) is 11.8 Å². The molecular weight excluding hydrogens is 220 g/mol. The van der Waals surface area contributed by atoms with Crippen LogP contribution in [0.2, 0.25) is 0 Å². The number of thioether (sulfide) groups is 1. The molecular formula is C12H24N2OS. The lowest BCUT2D eigenvalue weighted by Gasteiger charge is -2.29. The second kappa shape index (κ2) is 7.17. The fourth-order valence-corrected chi connectivity index (χ4v) is 2.78. The summed E-state index contributed by atoms with van der Waals surface area (Å²) in [5, 5.41) is 3.38. The van der Waals surface area contributed by atoms with E-state index < -0.39 is 0 Å². The van der Waals surface area contributed by atoms with Crippen LogP contribution in [0.3, 0.4) is 0 Å². The maximum Gasteiger partial charge on any atom is 0.235 e. The fourth-order valence-electron chi connectivity index (χ4n) is 1.64. The third-order valence-electron chi connectivity index (χ3n) is 3.10. The van der Waals surface area contributed by atoms with E-state index >= 15 is 0 Å². The highest BCUT2D eigenvalue weighted by atomic mass is 32.2. The van der Waals surface area contributed by atoms with Crippen LogP contribution in [0.4, 0.5) is 0 Å². The number of amides is 1. The highest BCUT2D eigenvalue weighted by Crippen LogP contribution is 2.18. The lowest BCUT2D eigenvalue weighted by atomic mass is 10.2. The fraction of sp³-hybridized carbons (Fsp3) is 0.917. The molecule has 1 rings (SSSR count). The summed E-state index contributed by atoms with van der Waals surface area (Å²) in [5.74, 6) is 2.12. The lowest BCUT2D eigenvalue weighted by Crippen LogP contribution is -2.48. The number of piperazine rings is 1. The molecule has 1 amide bonds. The Bertz CT molecular complexity index is 217. The van der Waals surface area contributed by atoms with Gasteiger partial charge in [0.1, 0.15) is 0 Å². The average Bonchev–Trinajstić information content (AvgIpc) is 2.35. The van der Waals surface area contributed by atoms with E-state index in [9.17, 15) is 4.79 Å². The average molecular weight is 244 g/mol. The Morgan fingerprint density at radius 3 is 2.56 bits per heavy atom. The molecule has 16 heavy (non-hydrogen) atoms. The van der Waals surface area contributed by atoms with Gasteiger partial charge in [0, 0.05) is 26.2 Å². The number of carbonyl (C=O) groups excluding carboxylic acids is 1. The maximum absolute atomic E-state index is 12.1. The molecule has 0 bridgehead atoms. The van der Waals surface area contributed by atoms with E-state index in [0.717, 1.165) is 31.9 Å². The first-order chi connectivity index (χ1) is 7.65. The number of rotatable bonds is 5. The predicted octanol–water partition coefficient (Wildman–Crippen LogP) is 1.59. The highest BCUT2D eigenvalue weighted by Gasteiger charge is 2.22. The summed E-state index contributed by atoms with van der Waals surface area (Å²) in [7, 11) is 0. The van der Waals surface area contributed by atoms with Crippen LogP contribution < -0.4 is 5.32 Å². The van der Waals surface area contributed by atoms with Crippen molar-refractivity contribution in [3.05, 3.63) is 0 Å². The van der Waals surface area contributed by atoms with Crippen LogP contribution in [0.15, 0.2) is 0 Å². The molecule has 0 aromatic rings. The minimum absolute atomic E-state index is 0.118. The van der Waals surface area contributed by atoms with E-state index in [0.29, 0.717) is 11.8 Å². The van der Waals surface area contributed by atoms with Crippen molar-refractivity contribution in [1.82, 2.24) is 10.2 Å². The summed E-state index contributed by atoms with van der Waals surface area (Å²) in [6.45, 7) is 10.1. The van der Waals surface area contributed by atoms with Crippen molar-refractivity contribution in [2.75, 3.05) is 31.9 Å². The molecule has 4 heteroatoms. The molecule has 0 aliphatic carbocycles. The first-order valence-electron chi connectivity index (χ1n) is 6.26. The van der Waals surface area contributed by atoms with Gasteiger partial charge in [-0.1, -0.05) is 20.3 Å². The van der Waals surface area contributed by atoms with Gasteiger partial charge < -0.3 is 10.2 Å². The van der Waals surface area contributed by atoms with E-state index in [1.54, 1.807) is 11.8 Å². The molecule has 1 fully saturated rings. The van der Waals surface area contributed by atoms with E-state index in [1.165, 1.54) is 6.42 Å². The molecule has 0 saturated carbocycles. The molecule has 0 aromatic carbocycles. The maximum atomic E-state index is 12.1. The van der Waals surface area contributed by atoms with Crippen LogP contribution >= 0.6 is 11.8 Å². The zero-order valence-electron chi connectivity index (χ0n) is 10.7. The SMILES string of the molecule is CCC(C)CSC(C)C(=O)N1CCNCC1. The Hall–Kier alpha value is -0.220. The summed E-state index contributed by atoms with van der Waals surface area (Å²) in [4.78, 5) is 14.1. The molecule has 0 spiro atoms. The molecule has 1 saturated heterocycles. The summed E-state index contributed by atoms with van der Waals surface area (Å²) in [6, 6.07) is 0. The van der Waals surface area contributed by atoms with Gasteiger partial charge >= 0.3 is 0 Å². The largest absolute Gasteiger partial charge is 0.339 e. The Morgan fingerprint density at radius 2 is 2.00 bits per heavy atom. The van der Waals surface area contributed by atoms with E-state index in [4.69, 9.17) is 0 Å². The normalized spacial score (nSPS) is 20.6. The van der Waals surface area contributed by atoms with Gasteiger partial charge in [-0.25, -0.2) is 0 Å². The molecule has 1 N–H and O–H groups in total. The second-order valence-corrected chi connectivity index (χ2v) is 5.94. The molecule has 1 aliphatic heterocycles. The molecule has 94 valence electrons.